The summed E-state index contributed by atoms with van der Waals surface area (Å²) in [5, 5.41) is 0. The zero-order chi connectivity index (χ0) is 10.2. The van der Waals surface area contributed by atoms with Gasteiger partial charge in [0.05, 0.1) is 0 Å². The summed E-state index contributed by atoms with van der Waals surface area (Å²) in [7, 11) is 1.60. The fourth-order valence-corrected chi connectivity index (χ4v) is 2.74. The molecule has 14 heavy (non-hydrogen) atoms. The maximum Gasteiger partial charge on any atom is 0.229 e. The standard InChI is InChI=1S/C11H17NO2/c1-12-9(13)7-11(8-10(12)14)5-3-2-4-6-11/h2-8H2,1H3. The van der Waals surface area contributed by atoms with E-state index in [1.807, 2.05) is 0 Å². The Balaban J connectivity index is 2.14. The molecule has 1 saturated heterocycles. The van der Waals surface area contributed by atoms with Crippen molar-refractivity contribution in [3.8, 4) is 0 Å². The molecule has 3 heteroatoms. The lowest BCUT2D eigenvalue weighted by atomic mass is 9.68. The summed E-state index contributed by atoms with van der Waals surface area (Å²) in [6.07, 6.45) is 6.95. The summed E-state index contributed by atoms with van der Waals surface area (Å²) in [6.45, 7) is 0. The van der Waals surface area contributed by atoms with Crippen molar-refractivity contribution >= 4 is 11.8 Å². The number of imide groups is 1. The summed E-state index contributed by atoms with van der Waals surface area (Å²) in [4.78, 5) is 24.5. The lowest BCUT2D eigenvalue weighted by Crippen LogP contribution is -2.46. The first-order valence-electron chi connectivity index (χ1n) is 5.42. The van der Waals surface area contributed by atoms with E-state index in [1.165, 1.54) is 24.2 Å². The molecule has 1 aliphatic heterocycles. The third-order valence-corrected chi connectivity index (χ3v) is 3.71. The maximum absolute atomic E-state index is 11.6. The van der Waals surface area contributed by atoms with Crippen LogP contribution in [-0.4, -0.2) is 23.8 Å². The van der Waals surface area contributed by atoms with Crippen molar-refractivity contribution in [2.24, 2.45) is 5.41 Å². The lowest BCUT2D eigenvalue weighted by molar-refractivity contribution is -0.152. The van der Waals surface area contributed by atoms with E-state index in [9.17, 15) is 9.59 Å². The number of amides is 2. The molecule has 1 aliphatic carbocycles. The molecule has 0 aromatic rings. The quantitative estimate of drug-likeness (QED) is 0.552. The molecule has 0 N–H and O–H groups in total. The van der Waals surface area contributed by atoms with E-state index in [1.54, 1.807) is 7.05 Å². The van der Waals surface area contributed by atoms with Gasteiger partial charge in [0.15, 0.2) is 0 Å². The van der Waals surface area contributed by atoms with Gasteiger partial charge < -0.3 is 0 Å². The Kier molecular flexibility index (Phi) is 2.33. The highest BCUT2D eigenvalue weighted by Crippen LogP contribution is 2.44. The number of hydrogen-bond acceptors (Lipinski definition) is 2. The molecule has 2 rings (SSSR count). The zero-order valence-corrected chi connectivity index (χ0v) is 8.71. The van der Waals surface area contributed by atoms with Gasteiger partial charge in [0.1, 0.15) is 0 Å². The SMILES string of the molecule is CN1C(=O)CC2(CCCCC2)CC1=O. The summed E-state index contributed by atoms with van der Waals surface area (Å²) >= 11 is 0. The normalized spacial score (nSPS) is 27.1. The zero-order valence-electron chi connectivity index (χ0n) is 8.71. The van der Waals surface area contributed by atoms with E-state index in [0.29, 0.717) is 12.8 Å². The van der Waals surface area contributed by atoms with Crippen molar-refractivity contribution in [2.45, 2.75) is 44.9 Å². The number of carbonyl (C=O) groups excluding carboxylic acids is 2. The van der Waals surface area contributed by atoms with Crippen LogP contribution in [0.4, 0.5) is 0 Å². The molecule has 78 valence electrons. The average molecular weight is 195 g/mol. The highest BCUT2D eigenvalue weighted by molar-refractivity contribution is 5.98. The molecule has 2 aliphatic rings. The number of hydrogen-bond donors (Lipinski definition) is 0. The number of likely N-dealkylation sites (tertiary alicyclic amines) is 1. The van der Waals surface area contributed by atoms with Crippen molar-refractivity contribution < 1.29 is 9.59 Å². The van der Waals surface area contributed by atoms with E-state index in [4.69, 9.17) is 0 Å². The molecule has 1 heterocycles. The highest BCUT2D eigenvalue weighted by Gasteiger charge is 2.42. The molecular weight excluding hydrogens is 178 g/mol. The Morgan fingerprint density at radius 3 is 2.00 bits per heavy atom. The molecule has 2 amide bonds. The largest absolute Gasteiger partial charge is 0.286 e. The predicted octanol–water partition coefficient (Wildman–Crippen LogP) is 1.72. The van der Waals surface area contributed by atoms with Crippen LogP contribution in [0.25, 0.3) is 0 Å². The topological polar surface area (TPSA) is 37.4 Å². The van der Waals surface area contributed by atoms with Crippen LogP contribution in [0.2, 0.25) is 0 Å². The predicted molar refractivity (Wildman–Crippen MR) is 52.5 cm³/mol. The van der Waals surface area contributed by atoms with Gasteiger partial charge in [0, 0.05) is 19.9 Å². The number of nitrogens with zero attached hydrogens (tertiary/aromatic N) is 1. The molecule has 1 spiro atoms. The first-order chi connectivity index (χ1) is 6.63. The van der Waals surface area contributed by atoms with Crippen molar-refractivity contribution in [1.82, 2.24) is 4.90 Å². The molecule has 0 aromatic carbocycles. The second kappa shape index (κ2) is 3.37. The molecule has 0 unspecified atom stereocenters. The lowest BCUT2D eigenvalue weighted by Gasteiger charge is -2.41. The van der Waals surface area contributed by atoms with Crippen LogP contribution in [0.15, 0.2) is 0 Å². The second-order valence-corrected chi connectivity index (χ2v) is 4.76. The van der Waals surface area contributed by atoms with Gasteiger partial charge in [0.25, 0.3) is 0 Å². The van der Waals surface area contributed by atoms with E-state index in [0.717, 1.165) is 12.8 Å². The van der Waals surface area contributed by atoms with Gasteiger partial charge in [-0.2, -0.15) is 0 Å². The van der Waals surface area contributed by atoms with Gasteiger partial charge in [-0.15, -0.1) is 0 Å². The van der Waals surface area contributed by atoms with Crippen LogP contribution in [0, 0.1) is 5.41 Å². The number of carbonyl (C=O) groups is 2. The van der Waals surface area contributed by atoms with Crippen molar-refractivity contribution in [3.05, 3.63) is 0 Å². The van der Waals surface area contributed by atoms with E-state index in [-0.39, 0.29) is 17.2 Å². The molecule has 3 nitrogen and oxygen atoms in total. The minimum absolute atomic E-state index is 0.0168. The fourth-order valence-electron chi connectivity index (χ4n) is 2.74. The first kappa shape index (κ1) is 9.69. The van der Waals surface area contributed by atoms with Crippen LogP contribution in [0.5, 0.6) is 0 Å². The Morgan fingerprint density at radius 1 is 1.00 bits per heavy atom. The third kappa shape index (κ3) is 1.56. The molecular formula is C11H17NO2. The van der Waals surface area contributed by atoms with Crippen molar-refractivity contribution in [2.75, 3.05) is 7.05 Å². The van der Waals surface area contributed by atoms with Crippen LogP contribution in [-0.2, 0) is 9.59 Å². The van der Waals surface area contributed by atoms with Crippen LogP contribution < -0.4 is 0 Å². The van der Waals surface area contributed by atoms with Crippen molar-refractivity contribution in [3.63, 3.8) is 0 Å². The Morgan fingerprint density at radius 2 is 1.50 bits per heavy atom. The Bertz CT molecular complexity index is 246. The summed E-state index contributed by atoms with van der Waals surface area (Å²) < 4.78 is 0. The van der Waals surface area contributed by atoms with Gasteiger partial charge >= 0.3 is 0 Å². The maximum atomic E-state index is 11.6. The van der Waals surface area contributed by atoms with Crippen LogP contribution >= 0.6 is 0 Å². The fraction of sp³-hybridized carbons (Fsp3) is 0.818. The molecule has 0 aromatic heterocycles. The van der Waals surface area contributed by atoms with Crippen LogP contribution in [0.3, 0.4) is 0 Å². The molecule has 2 fully saturated rings. The number of piperidine rings is 1. The average Bonchev–Trinajstić information content (AvgIpc) is 2.15. The monoisotopic (exact) mass is 195 g/mol. The van der Waals surface area contributed by atoms with Gasteiger partial charge in [-0.05, 0) is 18.3 Å². The van der Waals surface area contributed by atoms with Gasteiger partial charge in [-0.25, -0.2) is 0 Å². The van der Waals surface area contributed by atoms with E-state index < -0.39 is 0 Å². The highest BCUT2D eigenvalue weighted by atomic mass is 16.2. The third-order valence-electron chi connectivity index (χ3n) is 3.71. The van der Waals surface area contributed by atoms with Gasteiger partial charge in [0.2, 0.25) is 11.8 Å². The summed E-state index contributed by atoms with van der Waals surface area (Å²) in [6, 6.07) is 0. The molecule has 1 saturated carbocycles. The van der Waals surface area contributed by atoms with Gasteiger partial charge in [-0.1, -0.05) is 19.3 Å². The van der Waals surface area contributed by atoms with Gasteiger partial charge in [-0.3, -0.25) is 14.5 Å². The summed E-state index contributed by atoms with van der Waals surface area (Å²) in [5.41, 5.74) is 0.0406. The minimum Gasteiger partial charge on any atom is -0.286 e. The first-order valence-corrected chi connectivity index (χ1v) is 5.42. The minimum atomic E-state index is 0.0168. The van der Waals surface area contributed by atoms with E-state index >= 15 is 0 Å². The Hall–Kier alpha value is -0.860. The smallest absolute Gasteiger partial charge is 0.229 e. The molecule has 0 radical (unpaired) electrons. The second-order valence-electron chi connectivity index (χ2n) is 4.76. The van der Waals surface area contributed by atoms with E-state index in [2.05, 4.69) is 0 Å². The van der Waals surface area contributed by atoms with Crippen molar-refractivity contribution in [1.29, 1.82) is 0 Å². The molecule has 0 atom stereocenters. The Labute approximate surface area is 84.5 Å². The summed E-state index contributed by atoms with van der Waals surface area (Å²) in [5.74, 6) is 0.0336. The molecule has 0 bridgehead atoms. The number of rotatable bonds is 0. The van der Waals surface area contributed by atoms with Crippen LogP contribution in [0.1, 0.15) is 44.9 Å².